The van der Waals surface area contributed by atoms with Gasteiger partial charge >= 0.3 is 0 Å². The van der Waals surface area contributed by atoms with Gasteiger partial charge in [0.05, 0.1) is 0 Å². The average molecular weight is 158 g/mol. The van der Waals surface area contributed by atoms with Gasteiger partial charge in [0.15, 0.2) is 0 Å². The summed E-state index contributed by atoms with van der Waals surface area (Å²) in [6, 6.07) is 10.6. The molecule has 0 nitrogen and oxygen atoms in total. The van der Waals surface area contributed by atoms with E-state index < -0.39 is 0 Å². The van der Waals surface area contributed by atoms with Crippen LogP contribution in [0.4, 0.5) is 0 Å². The fourth-order valence-electron chi connectivity index (χ4n) is 1.84. The zero-order valence-corrected chi connectivity index (χ0v) is 7.89. The molecule has 2 rings (SSSR count). The summed E-state index contributed by atoms with van der Waals surface area (Å²) in [6.45, 7) is 6.79. The molecule has 1 aliphatic rings. The lowest BCUT2D eigenvalue weighted by Gasteiger charge is -2.03. The Bertz CT molecular complexity index is 328. The Hall–Kier alpha value is -1.04. The van der Waals surface area contributed by atoms with E-state index in [-0.39, 0.29) is 0 Å². The van der Waals surface area contributed by atoms with Crippen molar-refractivity contribution in [1.82, 2.24) is 0 Å². The molecular weight excluding hydrogens is 144 g/mol. The molecule has 0 bridgehead atoms. The van der Waals surface area contributed by atoms with Gasteiger partial charge in [-0.1, -0.05) is 49.8 Å². The van der Waals surface area contributed by atoms with Crippen molar-refractivity contribution in [1.29, 1.82) is 0 Å². The van der Waals surface area contributed by atoms with Crippen molar-refractivity contribution in [3.05, 3.63) is 41.5 Å². The number of benzene rings is 1. The molecule has 1 aliphatic carbocycles. The van der Waals surface area contributed by atoms with Crippen LogP contribution >= 0.6 is 0 Å². The minimum Gasteiger partial charge on any atom is -0.0622 e. The summed E-state index contributed by atoms with van der Waals surface area (Å²) >= 11 is 0. The van der Waals surface area contributed by atoms with E-state index in [9.17, 15) is 0 Å². The second-order valence-corrected chi connectivity index (χ2v) is 3.99. The summed E-state index contributed by atoms with van der Waals surface area (Å²) in [4.78, 5) is 0. The highest BCUT2D eigenvalue weighted by Crippen LogP contribution is 2.57. The van der Waals surface area contributed by atoms with Crippen molar-refractivity contribution in [2.75, 3.05) is 0 Å². The van der Waals surface area contributed by atoms with E-state index in [1.54, 1.807) is 0 Å². The summed E-state index contributed by atoms with van der Waals surface area (Å²) in [5.41, 5.74) is 4.82. The molecule has 1 aromatic carbocycles. The van der Waals surface area contributed by atoms with Gasteiger partial charge in [0.1, 0.15) is 0 Å². The highest BCUT2D eigenvalue weighted by atomic mass is 14.4. The van der Waals surface area contributed by atoms with E-state index >= 15 is 0 Å². The largest absolute Gasteiger partial charge is 0.0622 e. The van der Waals surface area contributed by atoms with Crippen molar-refractivity contribution >= 4 is 5.57 Å². The van der Waals surface area contributed by atoms with Gasteiger partial charge in [-0.2, -0.15) is 0 Å². The SMILES string of the molecule is CC1=C(c2ccccc2)C1(C)C. The predicted molar refractivity (Wildman–Crippen MR) is 52.8 cm³/mol. The van der Waals surface area contributed by atoms with E-state index in [4.69, 9.17) is 0 Å². The van der Waals surface area contributed by atoms with Gasteiger partial charge < -0.3 is 0 Å². The lowest BCUT2D eigenvalue weighted by atomic mass is 10.0. The Kier molecular flexibility index (Phi) is 1.41. The van der Waals surface area contributed by atoms with Crippen LogP contribution in [0.15, 0.2) is 35.9 Å². The first-order valence-corrected chi connectivity index (χ1v) is 4.41. The van der Waals surface area contributed by atoms with Gasteiger partial charge in [-0.05, 0) is 18.1 Å². The molecule has 0 heterocycles. The normalized spacial score (nSPS) is 19.6. The first-order valence-electron chi connectivity index (χ1n) is 4.41. The topological polar surface area (TPSA) is 0 Å². The number of rotatable bonds is 1. The molecule has 0 atom stereocenters. The number of hydrogen-bond donors (Lipinski definition) is 0. The molecule has 0 radical (unpaired) electrons. The molecule has 12 heavy (non-hydrogen) atoms. The van der Waals surface area contributed by atoms with Crippen LogP contribution in [0.1, 0.15) is 26.3 Å². The van der Waals surface area contributed by atoms with Gasteiger partial charge in [0.25, 0.3) is 0 Å². The van der Waals surface area contributed by atoms with E-state index in [1.165, 1.54) is 16.7 Å². The molecule has 0 saturated heterocycles. The molecule has 0 heteroatoms. The lowest BCUT2D eigenvalue weighted by Crippen LogP contribution is -1.91. The number of hydrogen-bond acceptors (Lipinski definition) is 0. The standard InChI is InChI=1S/C12H14/c1-9-11(12(9,2)3)10-7-5-4-6-8-10/h4-8H,1-3H3. The van der Waals surface area contributed by atoms with Crippen LogP contribution in [-0.2, 0) is 0 Å². The van der Waals surface area contributed by atoms with Crippen molar-refractivity contribution in [2.45, 2.75) is 20.8 Å². The zero-order valence-electron chi connectivity index (χ0n) is 7.89. The maximum absolute atomic E-state index is 2.28. The molecule has 0 unspecified atom stereocenters. The molecular formula is C12H14. The van der Waals surface area contributed by atoms with E-state index in [0.717, 1.165) is 0 Å². The van der Waals surface area contributed by atoms with Gasteiger partial charge in [-0.15, -0.1) is 0 Å². The Morgan fingerprint density at radius 1 is 1.00 bits per heavy atom. The van der Waals surface area contributed by atoms with Gasteiger partial charge in [0, 0.05) is 5.41 Å². The van der Waals surface area contributed by atoms with Gasteiger partial charge in [-0.3, -0.25) is 0 Å². The van der Waals surface area contributed by atoms with Gasteiger partial charge in [-0.25, -0.2) is 0 Å². The first kappa shape index (κ1) is 7.60. The Labute approximate surface area is 73.9 Å². The molecule has 0 amide bonds. The molecule has 1 aromatic rings. The molecule has 0 spiro atoms. The third-order valence-electron chi connectivity index (χ3n) is 2.94. The first-order chi connectivity index (χ1) is 5.64. The van der Waals surface area contributed by atoms with Crippen molar-refractivity contribution in [3.63, 3.8) is 0 Å². The molecule has 0 fully saturated rings. The van der Waals surface area contributed by atoms with Crippen molar-refractivity contribution < 1.29 is 0 Å². The molecule has 0 aromatic heterocycles. The third-order valence-corrected chi connectivity index (χ3v) is 2.94. The van der Waals surface area contributed by atoms with Crippen molar-refractivity contribution in [3.8, 4) is 0 Å². The maximum atomic E-state index is 2.28. The minimum absolute atomic E-state index is 0.362. The Morgan fingerprint density at radius 3 is 1.92 bits per heavy atom. The smallest absolute Gasteiger partial charge is 0.0114 e. The number of allylic oxidation sites excluding steroid dienone is 2. The van der Waals surface area contributed by atoms with E-state index in [2.05, 4.69) is 51.1 Å². The molecule has 0 aliphatic heterocycles. The van der Waals surface area contributed by atoms with Crippen molar-refractivity contribution in [2.24, 2.45) is 5.41 Å². The van der Waals surface area contributed by atoms with Crippen LogP contribution in [-0.4, -0.2) is 0 Å². The van der Waals surface area contributed by atoms with E-state index in [0.29, 0.717) is 5.41 Å². The summed E-state index contributed by atoms with van der Waals surface area (Å²) in [5, 5.41) is 0. The van der Waals surface area contributed by atoms with Crippen LogP contribution in [0.25, 0.3) is 5.57 Å². The fraction of sp³-hybridized carbons (Fsp3) is 0.333. The zero-order chi connectivity index (χ0) is 8.77. The Balaban J connectivity index is 2.37. The monoisotopic (exact) mass is 158 g/mol. The molecule has 0 saturated carbocycles. The van der Waals surface area contributed by atoms with Crippen LogP contribution in [0.2, 0.25) is 0 Å². The highest BCUT2D eigenvalue weighted by Gasteiger charge is 2.41. The second kappa shape index (κ2) is 2.22. The van der Waals surface area contributed by atoms with Gasteiger partial charge in [0.2, 0.25) is 0 Å². The summed E-state index contributed by atoms with van der Waals surface area (Å²) in [6.07, 6.45) is 0. The summed E-state index contributed by atoms with van der Waals surface area (Å²) in [7, 11) is 0. The van der Waals surface area contributed by atoms with Crippen LogP contribution < -0.4 is 0 Å². The average Bonchev–Trinajstić information content (AvgIpc) is 2.53. The minimum atomic E-state index is 0.362. The maximum Gasteiger partial charge on any atom is 0.0114 e. The van der Waals surface area contributed by atoms with Crippen LogP contribution in [0.3, 0.4) is 0 Å². The van der Waals surface area contributed by atoms with Crippen LogP contribution in [0.5, 0.6) is 0 Å². The molecule has 0 N–H and O–H groups in total. The summed E-state index contributed by atoms with van der Waals surface area (Å²) in [5.74, 6) is 0. The quantitative estimate of drug-likeness (QED) is 0.586. The lowest BCUT2D eigenvalue weighted by molar-refractivity contribution is 0.712. The second-order valence-electron chi connectivity index (χ2n) is 3.99. The molecule has 62 valence electrons. The Morgan fingerprint density at radius 2 is 1.50 bits per heavy atom. The van der Waals surface area contributed by atoms with Crippen LogP contribution in [0, 0.1) is 5.41 Å². The fourth-order valence-corrected chi connectivity index (χ4v) is 1.84. The summed E-state index contributed by atoms with van der Waals surface area (Å²) < 4.78 is 0. The van der Waals surface area contributed by atoms with E-state index in [1.807, 2.05) is 0 Å². The predicted octanol–water partition coefficient (Wildman–Crippen LogP) is 3.50. The third kappa shape index (κ3) is 0.911. The highest BCUT2D eigenvalue weighted by molar-refractivity contribution is 5.88.